The molecule has 3 N–H and O–H groups in total. The number of likely N-dealkylation sites (tertiary alicyclic amines) is 1. The number of carboxylic acid groups (broad SMARTS) is 1. The molecule has 0 aliphatic carbocycles. The Morgan fingerprint density at radius 2 is 1.76 bits per heavy atom. The number of amides is 3. The van der Waals surface area contributed by atoms with Crippen molar-refractivity contribution in [3.8, 4) is 28.5 Å². The minimum Gasteiger partial charge on any atom is -0.493 e. The zero-order chi connectivity index (χ0) is 26.9. The maximum absolute atomic E-state index is 13.3. The molecule has 2 aliphatic heterocycles. The number of carbonyl (C=O) groups is 2. The monoisotopic (exact) mass is 529 g/mol. The van der Waals surface area contributed by atoms with E-state index in [0.717, 1.165) is 5.69 Å². The topological polar surface area (TPSA) is 127 Å². The van der Waals surface area contributed by atoms with E-state index in [0.29, 0.717) is 49.5 Å². The second kappa shape index (κ2) is 10.1. The zero-order valence-corrected chi connectivity index (χ0v) is 20.3. The van der Waals surface area contributed by atoms with E-state index in [1.807, 2.05) is 6.07 Å². The number of ether oxygens (including phenoxy) is 3. The third-order valence-electron chi connectivity index (χ3n) is 6.35. The van der Waals surface area contributed by atoms with Crippen LogP contribution in [0.4, 0.5) is 29.7 Å². The lowest BCUT2D eigenvalue weighted by molar-refractivity contribution is -0.286. The molecule has 2 aromatic carbocycles. The van der Waals surface area contributed by atoms with Crippen LogP contribution in [0.15, 0.2) is 48.7 Å². The molecule has 2 aliphatic rings. The Bertz CT molecular complexity index is 1360. The van der Waals surface area contributed by atoms with Crippen LogP contribution in [0.3, 0.4) is 0 Å². The zero-order valence-electron chi connectivity index (χ0n) is 20.3. The Hall–Kier alpha value is -4.55. The van der Waals surface area contributed by atoms with Crippen molar-refractivity contribution in [2.45, 2.75) is 19.1 Å². The standard InChI is InChI=1S/C25H25F2N5O6/c1-31-19(6-9-28-31)18-12-16(2-4-20(18)36-14-15-7-10-32(11-8-15)24(34)35)29-23(33)30-17-3-5-21-22(13-17)38-25(26,27)37-21/h2-6,9,12-13,15H,7-8,10-11,14H2,1H3,(H,34,35)(H2,29,30,33). The minimum absolute atomic E-state index is 0.121. The number of urea groups is 1. The number of rotatable bonds is 6. The van der Waals surface area contributed by atoms with Gasteiger partial charge in [0.1, 0.15) is 5.75 Å². The number of nitrogens with one attached hydrogen (secondary N) is 2. The molecule has 1 aromatic heterocycles. The largest absolute Gasteiger partial charge is 0.586 e. The number of fused-ring (bicyclic) bond motifs is 1. The highest BCUT2D eigenvalue weighted by atomic mass is 19.3. The highest BCUT2D eigenvalue weighted by Crippen LogP contribution is 2.42. The van der Waals surface area contributed by atoms with E-state index in [2.05, 4.69) is 25.2 Å². The first-order valence-corrected chi connectivity index (χ1v) is 11.9. The molecular weight excluding hydrogens is 504 g/mol. The van der Waals surface area contributed by atoms with Gasteiger partial charge in [-0.2, -0.15) is 5.10 Å². The van der Waals surface area contributed by atoms with Crippen LogP contribution in [0.2, 0.25) is 0 Å². The fourth-order valence-electron chi connectivity index (χ4n) is 4.39. The van der Waals surface area contributed by atoms with Crippen LogP contribution in [0.25, 0.3) is 11.3 Å². The fraction of sp³-hybridized carbons (Fsp3) is 0.320. The summed E-state index contributed by atoms with van der Waals surface area (Å²) in [6, 6.07) is 10.3. The van der Waals surface area contributed by atoms with Gasteiger partial charge in [-0.3, -0.25) is 4.68 Å². The highest BCUT2D eigenvalue weighted by Gasteiger charge is 2.43. The van der Waals surface area contributed by atoms with Gasteiger partial charge in [-0.1, -0.05) is 0 Å². The first kappa shape index (κ1) is 25.1. The van der Waals surface area contributed by atoms with E-state index in [-0.39, 0.29) is 23.1 Å². The van der Waals surface area contributed by atoms with Gasteiger partial charge in [-0.05, 0) is 55.2 Å². The maximum atomic E-state index is 13.3. The quantitative estimate of drug-likeness (QED) is 0.418. The number of halogens is 2. The molecule has 0 spiro atoms. The van der Waals surface area contributed by atoms with Gasteiger partial charge in [-0.25, -0.2) is 9.59 Å². The summed E-state index contributed by atoms with van der Waals surface area (Å²) in [7, 11) is 1.79. The first-order valence-electron chi connectivity index (χ1n) is 11.9. The molecule has 200 valence electrons. The van der Waals surface area contributed by atoms with Gasteiger partial charge in [0.25, 0.3) is 0 Å². The molecule has 3 heterocycles. The van der Waals surface area contributed by atoms with Crippen LogP contribution in [0, 0.1) is 5.92 Å². The number of aromatic nitrogens is 2. The van der Waals surface area contributed by atoms with Gasteiger partial charge in [-0.15, -0.1) is 8.78 Å². The van der Waals surface area contributed by atoms with Crippen molar-refractivity contribution in [2.24, 2.45) is 13.0 Å². The van der Waals surface area contributed by atoms with Gasteiger partial charge in [0.05, 0.1) is 12.3 Å². The predicted octanol–water partition coefficient (Wildman–Crippen LogP) is 4.82. The molecule has 0 unspecified atom stereocenters. The van der Waals surface area contributed by atoms with Crippen LogP contribution in [-0.4, -0.2) is 57.9 Å². The van der Waals surface area contributed by atoms with E-state index in [1.165, 1.54) is 23.1 Å². The molecule has 1 fully saturated rings. The van der Waals surface area contributed by atoms with Crippen molar-refractivity contribution in [1.29, 1.82) is 0 Å². The van der Waals surface area contributed by atoms with Crippen molar-refractivity contribution in [1.82, 2.24) is 14.7 Å². The molecule has 0 saturated carbocycles. The molecule has 0 bridgehead atoms. The molecule has 5 rings (SSSR count). The van der Waals surface area contributed by atoms with Crippen molar-refractivity contribution >= 4 is 23.5 Å². The van der Waals surface area contributed by atoms with Crippen LogP contribution >= 0.6 is 0 Å². The van der Waals surface area contributed by atoms with Crippen molar-refractivity contribution in [3.63, 3.8) is 0 Å². The second-order valence-electron chi connectivity index (χ2n) is 8.98. The summed E-state index contributed by atoms with van der Waals surface area (Å²) < 4.78 is 43.1. The molecule has 38 heavy (non-hydrogen) atoms. The summed E-state index contributed by atoms with van der Waals surface area (Å²) in [5.41, 5.74) is 2.17. The fourth-order valence-corrected chi connectivity index (χ4v) is 4.39. The van der Waals surface area contributed by atoms with E-state index in [9.17, 15) is 18.4 Å². The minimum atomic E-state index is -3.75. The molecule has 11 nitrogen and oxygen atoms in total. The normalized spacial score (nSPS) is 16.2. The lowest BCUT2D eigenvalue weighted by Gasteiger charge is -2.30. The second-order valence-corrected chi connectivity index (χ2v) is 8.98. The average molecular weight is 530 g/mol. The Labute approximate surface area is 215 Å². The number of benzene rings is 2. The Balaban J connectivity index is 1.27. The summed E-state index contributed by atoms with van der Waals surface area (Å²) in [6.07, 6.45) is -1.58. The van der Waals surface area contributed by atoms with E-state index in [4.69, 9.17) is 9.84 Å². The Morgan fingerprint density at radius 1 is 1.08 bits per heavy atom. The van der Waals surface area contributed by atoms with Gasteiger partial charge < -0.3 is 34.9 Å². The summed E-state index contributed by atoms with van der Waals surface area (Å²) in [6.45, 7) is 1.37. The molecular formula is C25H25F2N5O6. The van der Waals surface area contributed by atoms with Crippen LogP contribution in [-0.2, 0) is 7.05 Å². The van der Waals surface area contributed by atoms with Gasteiger partial charge >= 0.3 is 18.4 Å². The summed E-state index contributed by atoms with van der Waals surface area (Å²) in [4.78, 5) is 25.2. The van der Waals surface area contributed by atoms with Crippen LogP contribution in [0.1, 0.15) is 12.8 Å². The number of nitrogens with zero attached hydrogens (tertiary/aromatic N) is 3. The predicted molar refractivity (Wildman–Crippen MR) is 132 cm³/mol. The third kappa shape index (κ3) is 5.56. The van der Waals surface area contributed by atoms with E-state index in [1.54, 1.807) is 36.1 Å². The van der Waals surface area contributed by atoms with Crippen LogP contribution < -0.4 is 24.8 Å². The number of hydrogen-bond donors (Lipinski definition) is 3. The Kier molecular flexibility index (Phi) is 6.66. The first-order chi connectivity index (χ1) is 18.2. The van der Waals surface area contributed by atoms with Crippen molar-refractivity contribution < 1.29 is 37.7 Å². The number of hydrogen-bond acceptors (Lipinski definition) is 6. The van der Waals surface area contributed by atoms with E-state index < -0.39 is 18.4 Å². The van der Waals surface area contributed by atoms with Gasteiger partial charge in [0.15, 0.2) is 11.5 Å². The average Bonchev–Trinajstić information content (AvgIpc) is 3.43. The molecule has 3 aromatic rings. The Morgan fingerprint density at radius 3 is 2.45 bits per heavy atom. The molecule has 0 radical (unpaired) electrons. The number of anilines is 2. The summed E-state index contributed by atoms with van der Waals surface area (Å²) >= 11 is 0. The third-order valence-corrected chi connectivity index (χ3v) is 6.35. The number of alkyl halides is 2. The summed E-state index contributed by atoms with van der Waals surface area (Å²) in [5, 5.41) is 18.7. The molecule has 13 heteroatoms. The molecule has 0 atom stereocenters. The van der Waals surface area contributed by atoms with Gasteiger partial charge in [0, 0.05) is 49.3 Å². The summed E-state index contributed by atoms with van der Waals surface area (Å²) in [5.74, 6) is 0.512. The SMILES string of the molecule is Cn1nccc1-c1cc(NC(=O)Nc2ccc3c(c2)OC(F)(F)O3)ccc1OCC1CCN(C(=O)O)CC1. The maximum Gasteiger partial charge on any atom is 0.586 e. The smallest absolute Gasteiger partial charge is 0.493 e. The number of piperidine rings is 1. The molecule has 1 saturated heterocycles. The number of aryl methyl sites for hydroxylation is 1. The molecule has 3 amide bonds. The lowest BCUT2D eigenvalue weighted by atomic mass is 9.98. The van der Waals surface area contributed by atoms with E-state index >= 15 is 0 Å². The van der Waals surface area contributed by atoms with Crippen molar-refractivity contribution in [3.05, 3.63) is 48.7 Å². The number of carbonyl (C=O) groups excluding carboxylic acids is 1. The highest BCUT2D eigenvalue weighted by molar-refractivity contribution is 6.00. The van der Waals surface area contributed by atoms with Crippen LogP contribution in [0.5, 0.6) is 17.2 Å². The van der Waals surface area contributed by atoms with Gasteiger partial charge in [0.2, 0.25) is 0 Å². The lowest BCUT2D eigenvalue weighted by Crippen LogP contribution is -2.38. The van der Waals surface area contributed by atoms with Crippen molar-refractivity contribution in [2.75, 3.05) is 30.3 Å².